The zero-order chi connectivity index (χ0) is 15.3. The van der Waals surface area contributed by atoms with E-state index in [1.807, 2.05) is 0 Å². The highest BCUT2D eigenvalue weighted by atomic mass is 79.9. The maximum atomic E-state index is 13.9. The van der Waals surface area contributed by atoms with E-state index in [-0.39, 0.29) is 14.8 Å². The smallest absolute Gasteiger partial charge is 0.182 e. The topological polar surface area (TPSA) is 20.7 Å². The molecule has 3 aromatic rings. The van der Waals surface area contributed by atoms with Crippen molar-refractivity contribution in [3.8, 4) is 5.69 Å². The van der Waals surface area contributed by atoms with Gasteiger partial charge in [0.1, 0.15) is 17.3 Å². The van der Waals surface area contributed by atoms with Gasteiger partial charge in [0.15, 0.2) is 16.4 Å². The van der Waals surface area contributed by atoms with Crippen LogP contribution in [0.2, 0.25) is 0 Å². The van der Waals surface area contributed by atoms with Crippen molar-refractivity contribution >= 4 is 39.2 Å². The number of H-pyrrole nitrogens is 1. The predicted molar refractivity (Wildman–Crippen MR) is 76.0 cm³/mol. The molecule has 0 aliphatic heterocycles. The molecule has 3 rings (SSSR count). The molecule has 0 fully saturated rings. The van der Waals surface area contributed by atoms with Gasteiger partial charge in [-0.2, -0.15) is 0 Å². The number of aromatic nitrogens is 2. The lowest BCUT2D eigenvalue weighted by Crippen LogP contribution is -2.03. The maximum absolute atomic E-state index is 13.9. The molecule has 0 unspecified atom stereocenters. The highest BCUT2D eigenvalue weighted by Gasteiger charge is 2.18. The third-order valence-corrected chi connectivity index (χ3v) is 3.82. The predicted octanol–water partition coefficient (Wildman–Crippen LogP) is 5.01. The first-order chi connectivity index (χ1) is 9.88. The highest BCUT2D eigenvalue weighted by molar-refractivity contribution is 9.10. The van der Waals surface area contributed by atoms with Crippen LogP contribution in [0.1, 0.15) is 0 Å². The minimum atomic E-state index is -1.13. The SMILES string of the molecule is Fc1cc(F)c(-n2c(=S)[nH]c3cc(Br)c(F)cc32)c(F)c1. The van der Waals surface area contributed by atoms with Crippen molar-refractivity contribution in [1.29, 1.82) is 0 Å². The maximum Gasteiger partial charge on any atom is 0.182 e. The Kier molecular flexibility index (Phi) is 3.37. The third-order valence-electron chi connectivity index (χ3n) is 2.93. The standard InChI is InChI=1S/C13H5BrF4N2S/c14-6-3-10-11(4-7(6)16)20(13(21)19-10)12-8(17)1-5(15)2-9(12)18/h1-4H,(H,19,21). The second-order valence-corrected chi connectivity index (χ2v) is 5.51. The third kappa shape index (κ3) is 2.28. The molecule has 1 heterocycles. The van der Waals surface area contributed by atoms with Gasteiger partial charge in [-0.3, -0.25) is 4.57 Å². The molecule has 2 nitrogen and oxygen atoms in total. The lowest BCUT2D eigenvalue weighted by atomic mass is 10.2. The Balaban J connectivity index is 2.44. The summed E-state index contributed by atoms with van der Waals surface area (Å²) < 4.78 is 55.6. The molecule has 0 spiro atoms. The van der Waals surface area contributed by atoms with E-state index < -0.39 is 29.0 Å². The Hall–Kier alpha value is -1.67. The molecule has 1 N–H and O–H groups in total. The zero-order valence-electron chi connectivity index (χ0n) is 10.1. The van der Waals surface area contributed by atoms with Crippen molar-refractivity contribution in [3.63, 3.8) is 0 Å². The Morgan fingerprint density at radius 3 is 2.19 bits per heavy atom. The molecule has 0 saturated carbocycles. The van der Waals surface area contributed by atoms with Crippen LogP contribution in [0.25, 0.3) is 16.7 Å². The largest absolute Gasteiger partial charge is 0.330 e. The van der Waals surface area contributed by atoms with Gasteiger partial charge in [0.05, 0.1) is 15.5 Å². The number of hydrogen-bond donors (Lipinski definition) is 1. The van der Waals surface area contributed by atoms with Gasteiger partial charge in [-0.05, 0) is 34.2 Å². The average molecular weight is 377 g/mol. The Morgan fingerprint density at radius 2 is 1.57 bits per heavy atom. The van der Waals surface area contributed by atoms with Gasteiger partial charge >= 0.3 is 0 Å². The van der Waals surface area contributed by atoms with Gasteiger partial charge in [0.25, 0.3) is 0 Å². The zero-order valence-corrected chi connectivity index (χ0v) is 12.5. The Bertz CT molecular complexity index is 909. The number of imidazole rings is 1. The van der Waals surface area contributed by atoms with E-state index in [0.29, 0.717) is 17.6 Å². The summed E-state index contributed by atoms with van der Waals surface area (Å²) in [5.74, 6) is -3.93. The van der Waals surface area contributed by atoms with E-state index in [1.165, 1.54) is 6.07 Å². The first-order valence-corrected chi connectivity index (χ1v) is 6.83. The number of rotatable bonds is 1. The number of halogens is 5. The van der Waals surface area contributed by atoms with E-state index in [2.05, 4.69) is 20.9 Å². The molecule has 0 aliphatic rings. The molecule has 0 atom stereocenters. The summed E-state index contributed by atoms with van der Waals surface area (Å²) in [6.45, 7) is 0. The van der Waals surface area contributed by atoms with Crippen LogP contribution in [0, 0.1) is 28.0 Å². The molecule has 108 valence electrons. The van der Waals surface area contributed by atoms with Crippen molar-refractivity contribution in [2.45, 2.75) is 0 Å². The van der Waals surface area contributed by atoms with Crippen LogP contribution in [0.15, 0.2) is 28.7 Å². The van der Waals surface area contributed by atoms with Crippen LogP contribution in [-0.4, -0.2) is 9.55 Å². The summed E-state index contributed by atoms with van der Waals surface area (Å²) in [7, 11) is 0. The van der Waals surface area contributed by atoms with Crippen LogP contribution in [-0.2, 0) is 0 Å². The first-order valence-electron chi connectivity index (χ1n) is 5.63. The minimum Gasteiger partial charge on any atom is -0.330 e. The van der Waals surface area contributed by atoms with Crippen molar-refractivity contribution in [2.75, 3.05) is 0 Å². The summed E-state index contributed by atoms with van der Waals surface area (Å²) in [6.07, 6.45) is 0. The van der Waals surface area contributed by atoms with Gasteiger partial charge in [-0.1, -0.05) is 0 Å². The molecule has 2 aromatic carbocycles. The van der Waals surface area contributed by atoms with Crippen molar-refractivity contribution in [3.05, 3.63) is 56.8 Å². The quantitative estimate of drug-likeness (QED) is 0.467. The van der Waals surface area contributed by atoms with Crippen LogP contribution >= 0.6 is 28.1 Å². The Labute approximate surface area is 129 Å². The highest BCUT2D eigenvalue weighted by Crippen LogP contribution is 2.28. The van der Waals surface area contributed by atoms with Crippen molar-refractivity contribution < 1.29 is 17.6 Å². The van der Waals surface area contributed by atoms with Gasteiger partial charge in [0, 0.05) is 18.2 Å². The minimum absolute atomic E-state index is 0.0353. The van der Waals surface area contributed by atoms with Crippen LogP contribution in [0.4, 0.5) is 17.6 Å². The molecular formula is C13H5BrF4N2S. The molecule has 0 saturated heterocycles. The van der Waals surface area contributed by atoms with Crippen LogP contribution in [0.5, 0.6) is 0 Å². The summed E-state index contributed by atoms with van der Waals surface area (Å²) in [5.41, 5.74) is -0.0316. The molecule has 8 heteroatoms. The molecule has 0 amide bonds. The van der Waals surface area contributed by atoms with Gasteiger partial charge in [0.2, 0.25) is 0 Å². The van der Waals surface area contributed by atoms with Crippen LogP contribution < -0.4 is 0 Å². The number of nitrogens with one attached hydrogen (secondary N) is 1. The molecule has 0 aliphatic carbocycles. The molecule has 21 heavy (non-hydrogen) atoms. The second-order valence-electron chi connectivity index (χ2n) is 4.27. The lowest BCUT2D eigenvalue weighted by Gasteiger charge is -2.08. The van der Waals surface area contributed by atoms with E-state index in [1.54, 1.807) is 0 Å². The van der Waals surface area contributed by atoms with Gasteiger partial charge in [-0.15, -0.1) is 0 Å². The normalized spacial score (nSPS) is 11.3. The fourth-order valence-electron chi connectivity index (χ4n) is 2.07. The number of aromatic amines is 1. The van der Waals surface area contributed by atoms with E-state index >= 15 is 0 Å². The van der Waals surface area contributed by atoms with E-state index in [4.69, 9.17) is 12.2 Å². The number of benzene rings is 2. The van der Waals surface area contributed by atoms with Crippen molar-refractivity contribution in [1.82, 2.24) is 9.55 Å². The fourth-order valence-corrected chi connectivity index (χ4v) is 2.72. The second kappa shape index (κ2) is 4.96. The molecular weight excluding hydrogens is 372 g/mol. The average Bonchev–Trinajstić information content (AvgIpc) is 2.66. The van der Waals surface area contributed by atoms with Gasteiger partial charge < -0.3 is 4.98 Å². The number of nitrogens with zero attached hydrogens (tertiary/aromatic N) is 1. The number of fused-ring (bicyclic) bond motifs is 1. The monoisotopic (exact) mass is 376 g/mol. The summed E-state index contributed by atoms with van der Waals surface area (Å²) in [4.78, 5) is 2.72. The molecule has 1 aromatic heterocycles. The fraction of sp³-hybridized carbons (Fsp3) is 0. The number of hydrogen-bond acceptors (Lipinski definition) is 1. The Morgan fingerprint density at radius 1 is 0.952 bits per heavy atom. The van der Waals surface area contributed by atoms with Crippen LogP contribution in [0.3, 0.4) is 0 Å². The summed E-state index contributed by atoms with van der Waals surface area (Å²) >= 11 is 8.03. The van der Waals surface area contributed by atoms with Crippen molar-refractivity contribution in [2.24, 2.45) is 0 Å². The summed E-state index contributed by atoms with van der Waals surface area (Å²) in [5, 5.41) is 0. The summed E-state index contributed by atoms with van der Waals surface area (Å²) in [6, 6.07) is 3.55. The van der Waals surface area contributed by atoms with Gasteiger partial charge in [-0.25, -0.2) is 17.6 Å². The van der Waals surface area contributed by atoms with E-state index in [0.717, 1.165) is 10.6 Å². The first kappa shape index (κ1) is 14.3. The molecule has 0 bridgehead atoms. The van der Waals surface area contributed by atoms with E-state index in [9.17, 15) is 17.6 Å². The molecule has 0 radical (unpaired) electrons. The lowest BCUT2D eigenvalue weighted by molar-refractivity contribution is 0.534.